The SMILES string of the molecule is Cc1cc(C)n(-c2cc(Oc3ccc(NC(=O)Nc4ccc(F)cc4F)cc3)ncn2)n1. The van der Waals surface area contributed by atoms with E-state index in [1.807, 2.05) is 19.9 Å². The van der Waals surface area contributed by atoms with E-state index < -0.39 is 17.7 Å². The molecule has 4 aromatic rings. The van der Waals surface area contributed by atoms with E-state index >= 15 is 0 Å². The normalized spacial score (nSPS) is 10.6. The predicted octanol–water partition coefficient (Wildman–Crippen LogP) is 4.99. The van der Waals surface area contributed by atoms with Gasteiger partial charge < -0.3 is 15.4 Å². The third kappa shape index (κ3) is 4.86. The van der Waals surface area contributed by atoms with E-state index in [4.69, 9.17) is 4.74 Å². The summed E-state index contributed by atoms with van der Waals surface area (Å²) in [6.07, 6.45) is 1.38. The van der Waals surface area contributed by atoms with E-state index in [-0.39, 0.29) is 5.69 Å². The number of halogens is 2. The van der Waals surface area contributed by atoms with Gasteiger partial charge in [0.1, 0.15) is 23.7 Å². The van der Waals surface area contributed by atoms with Crippen molar-refractivity contribution < 1.29 is 18.3 Å². The van der Waals surface area contributed by atoms with E-state index in [0.29, 0.717) is 29.2 Å². The zero-order valence-electron chi connectivity index (χ0n) is 17.1. The fraction of sp³-hybridized carbons (Fsp3) is 0.0909. The molecule has 2 N–H and O–H groups in total. The van der Waals surface area contributed by atoms with Crippen LogP contribution in [0, 0.1) is 25.5 Å². The maximum Gasteiger partial charge on any atom is 0.323 e. The summed E-state index contributed by atoms with van der Waals surface area (Å²) in [5, 5.41) is 9.27. The molecule has 2 heterocycles. The van der Waals surface area contributed by atoms with Crippen LogP contribution in [0.2, 0.25) is 0 Å². The number of hydrogen-bond donors (Lipinski definition) is 2. The number of rotatable bonds is 5. The maximum atomic E-state index is 13.7. The predicted molar refractivity (Wildman–Crippen MR) is 114 cm³/mol. The first-order valence-electron chi connectivity index (χ1n) is 9.54. The minimum atomic E-state index is -0.867. The molecule has 0 radical (unpaired) electrons. The summed E-state index contributed by atoms with van der Waals surface area (Å²) in [5.41, 5.74) is 2.12. The van der Waals surface area contributed by atoms with Crippen LogP contribution >= 0.6 is 0 Å². The Bertz CT molecular complexity index is 1270. The molecule has 0 bridgehead atoms. The number of anilines is 2. The number of ether oxygens (including phenoxy) is 1. The second-order valence-electron chi connectivity index (χ2n) is 6.88. The summed E-state index contributed by atoms with van der Waals surface area (Å²) >= 11 is 0. The topological polar surface area (TPSA) is 94.0 Å². The first-order valence-corrected chi connectivity index (χ1v) is 9.54. The lowest BCUT2D eigenvalue weighted by atomic mass is 10.3. The highest BCUT2D eigenvalue weighted by molar-refractivity contribution is 5.99. The van der Waals surface area contributed by atoms with Crippen molar-refractivity contribution >= 4 is 17.4 Å². The molecule has 8 nitrogen and oxygen atoms in total. The zero-order valence-corrected chi connectivity index (χ0v) is 17.1. The van der Waals surface area contributed by atoms with Crippen LogP contribution in [-0.2, 0) is 0 Å². The quantitative estimate of drug-likeness (QED) is 0.460. The lowest BCUT2D eigenvalue weighted by Gasteiger charge is -2.10. The van der Waals surface area contributed by atoms with Gasteiger partial charge in [0.2, 0.25) is 5.88 Å². The van der Waals surface area contributed by atoms with Crippen molar-refractivity contribution in [3.05, 3.63) is 83.9 Å². The summed E-state index contributed by atoms with van der Waals surface area (Å²) in [4.78, 5) is 20.4. The van der Waals surface area contributed by atoms with Gasteiger partial charge in [0.15, 0.2) is 5.82 Å². The molecule has 2 amide bonds. The van der Waals surface area contributed by atoms with Crippen LogP contribution in [0.3, 0.4) is 0 Å². The summed E-state index contributed by atoms with van der Waals surface area (Å²) in [6, 6.07) is 12.3. The van der Waals surface area contributed by atoms with Gasteiger partial charge >= 0.3 is 6.03 Å². The van der Waals surface area contributed by atoms with Gasteiger partial charge in [0, 0.05) is 23.5 Å². The van der Waals surface area contributed by atoms with Gasteiger partial charge in [0.05, 0.1) is 11.4 Å². The monoisotopic (exact) mass is 436 g/mol. The fourth-order valence-corrected chi connectivity index (χ4v) is 2.96. The van der Waals surface area contributed by atoms with Crippen LogP contribution in [0.4, 0.5) is 25.0 Å². The van der Waals surface area contributed by atoms with Crippen LogP contribution < -0.4 is 15.4 Å². The molecular weight excluding hydrogens is 418 g/mol. The van der Waals surface area contributed by atoms with E-state index in [0.717, 1.165) is 23.5 Å². The Morgan fingerprint density at radius 3 is 2.44 bits per heavy atom. The molecule has 0 saturated heterocycles. The molecule has 0 saturated carbocycles. The second-order valence-corrected chi connectivity index (χ2v) is 6.88. The molecule has 0 spiro atoms. The summed E-state index contributed by atoms with van der Waals surface area (Å²) in [5.74, 6) is -0.210. The fourth-order valence-electron chi connectivity index (χ4n) is 2.96. The molecule has 0 unspecified atom stereocenters. The number of benzene rings is 2. The highest BCUT2D eigenvalue weighted by Gasteiger charge is 2.10. The molecule has 32 heavy (non-hydrogen) atoms. The van der Waals surface area contributed by atoms with Gasteiger partial charge in [-0.3, -0.25) is 0 Å². The van der Waals surface area contributed by atoms with Gasteiger partial charge in [-0.25, -0.2) is 28.2 Å². The van der Waals surface area contributed by atoms with Gasteiger partial charge in [0.25, 0.3) is 0 Å². The number of carbonyl (C=O) groups is 1. The van der Waals surface area contributed by atoms with Crippen molar-refractivity contribution in [1.29, 1.82) is 0 Å². The van der Waals surface area contributed by atoms with E-state index in [1.165, 1.54) is 6.33 Å². The highest BCUT2D eigenvalue weighted by atomic mass is 19.1. The second kappa shape index (κ2) is 8.80. The number of nitrogens with zero attached hydrogens (tertiary/aromatic N) is 4. The van der Waals surface area contributed by atoms with Crippen molar-refractivity contribution in [3.8, 4) is 17.4 Å². The molecular formula is C22H18F2N6O2. The zero-order chi connectivity index (χ0) is 22.7. The van der Waals surface area contributed by atoms with Crippen LogP contribution in [0.1, 0.15) is 11.4 Å². The summed E-state index contributed by atoms with van der Waals surface area (Å²) in [6.45, 7) is 3.82. The third-order valence-electron chi connectivity index (χ3n) is 4.37. The van der Waals surface area contributed by atoms with Crippen molar-refractivity contribution in [2.24, 2.45) is 0 Å². The minimum Gasteiger partial charge on any atom is -0.439 e. The Balaban J connectivity index is 1.40. The van der Waals surface area contributed by atoms with Gasteiger partial charge in [-0.05, 0) is 56.3 Å². The first-order chi connectivity index (χ1) is 15.4. The van der Waals surface area contributed by atoms with Crippen molar-refractivity contribution in [1.82, 2.24) is 19.7 Å². The molecule has 162 valence electrons. The minimum absolute atomic E-state index is 0.133. The highest BCUT2D eigenvalue weighted by Crippen LogP contribution is 2.23. The Hall–Kier alpha value is -4.34. The number of urea groups is 1. The Morgan fingerprint density at radius 1 is 0.969 bits per heavy atom. The van der Waals surface area contributed by atoms with Crippen LogP contribution in [0.25, 0.3) is 5.82 Å². The van der Waals surface area contributed by atoms with Gasteiger partial charge in [-0.2, -0.15) is 5.10 Å². The van der Waals surface area contributed by atoms with Crippen molar-refractivity contribution in [2.75, 3.05) is 10.6 Å². The molecule has 0 aliphatic heterocycles. The standard InChI is InChI=1S/C22H18F2N6O2/c1-13-9-14(2)30(29-13)20-11-21(26-12-25-20)32-17-6-4-16(5-7-17)27-22(31)28-19-8-3-15(23)10-18(19)24/h3-12H,1-2H3,(H2,27,28,31). The molecule has 0 atom stereocenters. The van der Waals surface area contributed by atoms with E-state index in [1.54, 1.807) is 35.0 Å². The molecule has 4 rings (SSSR count). The smallest absolute Gasteiger partial charge is 0.323 e. The van der Waals surface area contributed by atoms with Crippen LogP contribution in [0.15, 0.2) is 60.9 Å². The summed E-state index contributed by atoms with van der Waals surface area (Å²) in [7, 11) is 0. The van der Waals surface area contributed by atoms with E-state index in [2.05, 4.69) is 25.7 Å². The van der Waals surface area contributed by atoms with Gasteiger partial charge in [-0.15, -0.1) is 0 Å². The molecule has 0 fully saturated rings. The number of nitrogens with one attached hydrogen (secondary N) is 2. The molecule has 0 aliphatic carbocycles. The van der Waals surface area contributed by atoms with Gasteiger partial charge in [-0.1, -0.05) is 0 Å². The molecule has 2 aromatic heterocycles. The lowest BCUT2D eigenvalue weighted by molar-refractivity contribution is 0.262. The third-order valence-corrected chi connectivity index (χ3v) is 4.37. The number of aromatic nitrogens is 4. The Morgan fingerprint density at radius 2 is 1.75 bits per heavy atom. The maximum absolute atomic E-state index is 13.7. The van der Waals surface area contributed by atoms with Crippen molar-refractivity contribution in [3.63, 3.8) is 0 Å². The number of amides is 2. The number of carbonyl (C=O) groups excluding carboxylic acids is 1. The summed E-state index contributed by atoms with van der Waals surface area (Å²) < 4.78 is 34.1. The Kier molecular flexibility index (Phi) is 5.75. The van der Waals surface area contributed by atoms with Crippen molar-refractivity contribution in [2.45, 2.75) is 13.8 Å². The average molecular weight is 436 g/mol. The number of hydrogen-bond acceptors (Lipinski definition) is 5. The van der Waals surface area contributed by atoms with Crippen LogP contribution in [0.5, 0.6) is 11.6 Å². The van der Waals surface area contributed by atoms with Crippen LogP contribution in [-0.4, -0.2) is 25.8 Å². The van der Waals surface area contributed by atoms with E-state index in [9.17, 15) is 13.6 Å². The molecule has 0 aliphatic rings. The Labute approximate surface area is 181 Å². The molecule has 2 aromatic carbocycles. The largest absolute Gasteiger partial charge is 0.439 e. The lowest BCUT2D eigenvalue weighted by Crippen LogP contribution is -2.20. The average Bonchev–Trinajstić information content (AvgIpc) is 3.10. The first kappa shape index (κ1) is 20.9. The molecule has 10 heteroatoms. The number of aryl methyl sites for hydroxylation is 2.